The molecule has 1 heteroatoms. The molecule has 12 heavy (non-hydrogen) atoms. The van der Waals surface area contributed by atoms with Gasteiger partial charge in [-0.2, -0.15) is 0 Å². The molecule has 70 valence electrons. The molecule has 1 fully saturated rings. The molecule has 1 nitrogen and oxygen atoms in total. The first-order valence-corrected chi connectivity index (χ1v) is 5.03. The fourth-order valence-corrected chi connectivity index (χ4v) is 2.25. The molecule has 0 heterocycles. The van der Waals surface area contributed by atoms with Gasteiger partial charge >= 0.3 is 0 Å². The SMILES string of the molecule is CCC=C(C)C1(CO)CCCC1. The van der Waals surface area contributed by atoms with Gasteiger partial charge in [0.05, 0.1) is 6.61 Å². The minimum Gasteiger partial charge on any atom is -0.395 e. The van der Waals surface area contributed by atoms with E-state index in [9.17, 15) is 5.11 Å². The maximum atomic E-state index is 9.37. The van der Waals surface area contributed by atoms with E-state index in [1.165, 1.54) is 31.3 Å². The van der Waals surface area contributed by atoms with Crippen molar-refractivity contribution in [3.63, 3.8) is 0 Å². The van der Waals surface area contributed by atoms with Crippen LogP contribution >= 0.6 is 0 Å². The predicted molar refractivity (Wildman–Crippen MR) is 52.0 cm³/mol. The smallest absolute Gasteiger partial charge is 0.0524 e. The highest BCUT2D eigenvalue weighted by Gasteiger charge is 2.34. The summed E-state index contributed by atoms with van der Waals surface area (Å²) < 4.78 is 0. The molecule has 0 amide bonds. The average Bonchev–Trinajstić information content (AvgIpc) is 2.54. The van der Waals surface area contributed by atoms with Gasteiger partial charge < -0.3 is 5.11 Å². The molecule has 0 aromatic carbocycles. The molecule has 1 N–H and O–H groups in total. The third-order valence-corrected chi connectivity index (χ3v) is 3.21. The van der Waals surface area contributed by atoms with Gasteiger partial charge in [-0.3, -0.25) is 0 Å². The molecule has 0 spiro atoms. The van der Waals surface area contributed by atoms with Crippen LogP contribution in [0.2, 0.25) is 0 Å². The van der Waals surface area contributed by atoms with E-state index >= 15 is 0 Å². The number of rotatable bonds is 3. The fourth-order valence-electron chi connectivity index (χ4n) is 2.25. The summed E-state index contributed by atoms with van der Waals surface area (Å²) in [5, 5.41) is 9.37. The molecule has 0 aliphatic heterocycles. The highest BCUT2D eigenvalue weighted by molar-refractivity contribution is 5.13. The van der Waals surface area contributed by atoms with Crippen molar-refractivity contribution in [3.05, 3.63) is 11.6 Å². The Hall–Kier alpha value is -0.300. The normalized spacial score (nSPS) is 23.1. The van der Waals surface area contributed by atoms with Crippen LogP contribution in [0.4, 0.5) is 0 Å². The van der Waals surface area contributed by atoms with E-state index in [1.807, 2.05) is 0 Å². The Labute approximate surface area is 75.5 Å². The van der Waals surface area contributed by atoms with Crippen molar-refractivity contribution >= 4 is 0 Å². The summed E-state index contributed by atoms with van der Waals surface area (Å²) in [7, 11) is 0. The van der Waals surface area contributed by atoms with Gasteiger partial charge in [-0.05, 0) is 26.2 Å². The first-order chi connectivity index (χ1) is 5.75. The van der Waals surface area contributed by atoms with Crippen LogP contribution in [0.15, 0.2) is 11.6 Å². The minimum absolute atomic E-state index is 0.163. The van der Waals surface area contributed by atoms with E-state index < -0.39 is 0 Å². The van der Waals surface area contributed by atoms with Crippen molar-refractivity contribution in [3.8, 4) is 0 Å². The summed E-state index contributed by atoms with van der Waals surface area (Å²) in [6.07, 6.45) is 8.30. The topological polar surface area (TPSA) is 20.2 Å². The molecule has 0 aromatic heterocycles. The van der Waals surface area contributed by atoms with E-state index in [-0.39, 0.29) is 5.41 Å². The number of aliphatic hydroxyl groups excluding tert-OH is 1. The number of allylic oxidation sites excluding steroid dienone is 1. The lowest BCUT2D eigenvalue weighted by Gasteiger charge is -2.27. The van der Waals surface area contributed by atoms with Gasteiger partial charge in [0.25, 0.3) is 0 Å². The van der Waals surface area contributed by atoms with E-state index in [1.54, 1.807) is 0 Å². The molecule has 0 bridgehead atoms. The Morgan fingerprint density at radius 1 is 1.42 bits per heavy atom. The average molecular weight is 168 g/mol. The van der Waals surface area contributed by atoms with Gasteiger partial charge in [0.2, 0.25) is 0 Å². The highest BCUT2D eigenvalue weighted by atomic mass is 16.3. The summed E-state index contributed by atoms with van der Waals surface area (Å²) in [4.78, 5) is 0. The van der Waals surface area contributed by atoms with Crippen LogP contribution in [0.3, 0.4) is 0 Å². The quantitative estimate of drug-likeness (QED) is 0.642. The van der Waals surface area contributed by atoms with Crippen molar-refractivity contribution < 1.29 is 5.11 Å². The molecule has 0 aromatic rings. The molecular formula is C11H20O. The minimum atomic E-state index is 0.163. The van der Waals surface area contributed by atoms with Crippen LogP contribution in [0.25, 0.3) is 0 Å². The van der Waals surface area contributed by atoms with Gasteiger partial charge in [0.1, 0.15) is 0 Å². The van der Waals surface area contributed by atoms with Gasteiger partial charge in [0, 0.05) is 5.41 Å². The first-order valence-electron chi connectivity index (χ1n) is 5.03. The zero-order chi connectivity index (χ0) is 9.03. The fraction of sp³-hybridized carbons (Fsp3) is 0.818. The molecule has 1 saturated carbocycles. The second-order valence-electron chi connectivity index (χ2n) is 3.94. The lowest BCUT2D eigenvalue weighted by molar-refractivity contribution is 0.163. The predicted octanol–water partition coefficient (Wildman–Crippen LogP) is 2.90. The maximum absolute atomic E-state index is 9.37. The Morgan fingerprint density at radius 3 is 2.42 bits per heavy atom. The van der Waals surface area contributed by atoms with E-state index in [0.717, 1.165) is 6.42 Å². The van der Waals surface area contributed by atoms with Crippen LogP contribution in [-0.4, -0.2) is 11.7 Å². The molecule has 1 aliphatic carbocycles. The van der Waals surface area contributed by atoms with Crippen LogP contribution < -0.4 is 0 Å². The highest BCUT2D eigenvalue weighted by Crippen LogP contribution is 2.43. The Bertz CT molecular complexity index is 164. The first kappa shape index (κ1) is 9.79. The molecule has 0 radical (unpaired) electrons. The molecule has 1 rings (SSSR count). The lowest BCUT2D eigenvalue weighted by Crippen LogP contribution is -2.22. The van der Waals surface area contributed by atoms with Crippen molar-refractivity contribution in [1.29, 1.82) is 0 Å². The number of hydrogen-bond donors (Lipinski definition) is 1. The van der Waals surface area contributed by atoms with Crippen LogP contribution in [-0.2, 0) is 0 Å². The zero-order valence-electron chi connectivity index (χ0n) is 8.27. The largest absolute Gasteiger partial charge is 0.395 e. The van der Waals surface area contributed by atoms with Gasteiger partial charge in [0.15, 0.2) is 0 Å². The van der Waals surface area contributed by atoms with Crippen molar-refractivity contribution in [2.75, 3.05) is 6.61 Å². The summed E-state index contributed by atoms with van der Waals surface area (Å²) >= 11 is 0. The Kier molecular flexibility index (Phi) is 3.33. The molecule has 1 aliphatic rings. The molecule has 0 atom stereocenters. The van der Waals surface area contributed by atoms with E-state index in [2.05, 4.69) is 19.9 Å². The van der Waals surface area contributed by atoms with E-state index in [4.69, 9.17) is 0 Å². The number of hydrogen-bond acceptors (Lipinski definition) is 1. The third-order valence-electron chi connectivity index (χ3n) is 3.21. The lowest BCUT2D eigenvalue weighted by atomic mass is 9.79. The molecule has 0 saturated heterocycles. The van der Waals surface area contributed by atoms with Crippen molar-refractivity contribution in [2.24, 2.45) is 5.41 Å². The van der Waals surface area contributed by atoms with Crippen molar-refractivity contribution in [2.45, 2.75) is 46.0 Å². The van der Waals surface area contributed by atoms with Crippen LogP contribution in [0, 0.1) is 5.41 Å². The van der Waals surface area contributed by atoms with Gasteiger partial charge in [-0.25, -0.2) is 0 Å². The summed E-state index contributed by atoms with van der Waals surface area (Å²) in [5.41, 5.74) is 1.57. The summed E-state index contributed by atoms with van der Waals surface area (Å²) in [6, 6.07) is 0. The standard InChI is InChI=1S/C11H20O/c1-3-6-10(2)11(9-12)7-4-5-8-11/h6,12H,3-5,7-9H2,1-2H3. The molecule has 0 unspecified atom stereocenters. The summed E-state index contributed by atoms with van der Waals surface area (Å²) in [5.74, 6) is 0. The van der Waals surface area contributed by atoms with Gasteiger partial charge in [-0.15, -0.1) is 0 Å². The maximum Gasteiger partial charge on any atom is 0.0524 e. The van der Waals surface area contributed by atoms with Crippen LogP contribution in [0.1, 0.15) is 46.0 Å². The second-order valence-corrected chi connectivity index (χ2v) is 3.94. The number of aliphatic hydroxyl groups is 1. The Balaban J connectivity index is 2.71. The third kappa shape index (κ3) is 1.71. The summed E-state index contributed by atoms with van der Waals surface area (Å²) in [6.45, 7) is 4.67. The van der Waals surface area contributed by atoms with Crippen molar-refractivity contribution in [1.82, 2.24) is 0 Å². The zero-order valence-corrected chi connectivity index (χ0v) is 8.27. The van der Waals surface area contributed by atoms with Gasteiger partial charge in [-0.1, -0.05) is 31.4 Å². The molecular weight excluding hydrogens is 148 g/mol. The second kappa shape index (κ2) is 4.08. The van der Waals surface area contributed by atoms with Crippen LogP contribution in [0.5, 0.6) is 0 Å². The van der Waals surface area contributed by atoms with E-state index in [0.29, 0.717) is 6.61 Å². The monoisotopic (exact) mass is 168 g/mol. The Morgan fingerprint density at radius 2 is 2.00 bits per heavy atom.